The van der Waals surface area contributed by atoms with Gasteiger partial charge in [-0.2, -0.15) is 0 Å². The van der Waals surface area contributed by atoms with Crippen LogP contribution in [0.25, 0.3) is 0 Å². The van der Waals surface area contributed by atoms with Crippen molar-refractivity contribution in [3.63, 3.8) is 0 Å². The van der Waals surface area contributed by atoms with E-state index in [0.29, 0.717) is 12.3 Å². The zero-order valence-electron chi connectivity index (χ0n) is 18.9. The average molecular weight is 443 g/mol. The van der Waals surface area contributed by atoms with E-state index >= 15 is 0 Å². The summed E-state index contributed by atoms with van der Waals surface area (Å²) in [6.45, 7) is 6.41. The van der Waals surface area contributed by atoms with E-state index in [1.807, 2.05) is 93.6 Å². The zero-order valence-corrected chi connectivity index (χ0v) is 18.9. The second-order valence-electron chi connectivity index (χ2n) is 8.46. The third-order valence-electron chi connectivity index (χ3n) is 6.25. The van der Waals surface area contributed by atoms with Gasteiger partial charge in [0.1, 0.15) is 11.7 Å². The summed E-state index contributed by atoms with van der Waals surface area (Å²) in [6.07, 6.45) is -0.880. The molecule has 33 heavy (non-hydrogen) atoms. The largest absolute Gasteiger partial charge is 0.494 e. The molecule has 0 radical (unpaired) electrons. The van der Waals surface area contributed by atoms with Crippen molar-refractivity contribution in [1.82, 2.24) is 0 Å². The molecule has 3 aromatic rings. The summed E-state index contributed by atoms with van der Waals surface area (Å²) in [4.78, 5) is 34.7. The lowest BCUT2D eigenvalue weighted by Gasteiger charge is -2.29. The van der Waals surface area contributed by atoms with Gasteiger partial charge in [0.05, 0.1) is 24.0 Å². The average Bonchev–Trinajstić information content (AvgIpc) is 3.32. The molecule has 0 spiro atoms. The number of fused-ring (bicyclic) bond motifs is 1. The number of nitrogens with zero attached hydrogens (tertiary/aromatic N) is 2. The molecule has 6 nitrogen and oxygen atoms in total. The molecule has 0 aliphatic carbocycles. The van der Waals surface area contributed by atoms with Gasteiger partial charge in [0.2, 0.25) is 5.91 Å². The number of benzene rings is 3. The number of aryl methyl sites for hydroxylation is 2. The summed E-state index contributed by atoms with van der Waals surface area (Å²) < 4.78 is 5.58. The number of para-hydroxylation sites is 1. The highest BCUT2D eigenvalue weighted by Crippen LogP contribution is 2.48. The number of hydrogen-bond acceptors (Lipinski definition) is 5. The molecule has 168 valence electrons. The van der Waals surface area contributed by atoms with Crippen LogP contribution in [0.1, 0.15) is 29.7 Å². The van der Waals surface area contributed by atoms with Crippen molar-refractivity contribution in [2.24, 2.45) is 5.92 Å². The maximum absolute atomic E-state index is 13.7. The van der Waals surface area contributed by atoms with Gasteiger partial charge in [0, 0.05) is 0 Å². The summed E-state index contributed by atoms with van der Waals surface area (Å²) in [7, 11) is 0. The number of rotatable bonds is 5. The number of carbonyl (C=O) groups excluding carboxylic acids is 2. The summed E-state index contributed by atoms with van der Waals surface area (Å²) in [5, 5.41) is 1.71. The minimum atomic E-state index is -0.880. The highest BCUT2D eigenvalue weighted by Gasteiger charge is 2.60. The molecule has 3 aromatic carbocycles. The summed E-state index contributed by atoms with van der Waals surface area (Å²) >= 11 is 0. The lowest BCUT2D eigenvalue weighted by molar-refractivity contribution is -0.126. The van der Waals surface area contributed by atoms with E-state index in [0.717, 1.165) is 28.1 Å². The van der Waals surface area contributed by atoms with E-state index < -0.39 is 18.1 Å². The molecular formula is C27H26N2O4. The van der Waals surface area contributed by atoms with Crippen LogP contribution in [0, 0.1) is 19.8 Å². The van der Waals surface area contributed by atoms with Gasteiger partial charge in [0.25, 0.3) is 5.91 Å². The van der Waals surface area contributed by atoms with Crippen LogP contribution in [0.4, 0.5) is 11.4 Å². The second kappa shape index (κ2) is 8.37. The van der Waals surface area contributed by atoms with Crippen molar-refractivity contribution in [2.75, 3.05) is 16.6 Å². The van der Waals surface area contributed by atoms with Gasteiger partial charge in [-0.1, -0.05) is 48.0 Å². The van der Waals surface area contributed by atoms with Crippen LogP contribution in [0.2, 0.25) is 0 Å². The standard InChI is InChI=1S/C27H26N2O4/c1-4-32-21-13-11-19(12-14-21)24-23-25(33-29(24)20-8-6-5-7-9-20)27(31)28(26(23)30)22-15-10-17(2)16-18(22)3/h5-16,23-25H,4H2,1-3H3/t23-,24-,25-/m0/s1. The first-order valence-electron chi connectivity index (χ1n) is 11.2. The van der Waals surface area contributed by atoms with Gasteiger partial charge < -0.3 is 4.74 Å². The van der Waals surface area contributed by atoms with Crippen LogP contribution in [0.15, 0.2) is 72.8 Å². The number of ether oxygens (including phenoxy) is 1. The smallest absolute Gasteiger partial charge is 0.266 e. The quantitative estimate of drug-likeness (QED) is 0.534. The number of hydrogen-bond donors (Lipinski definition) is 0. The molecular weight excluding hydrogens is 416 g/mol. The van der Waals surface area contributed by atoms with Crippen LogP contribution in [0.5, 0.6) is 5.75 Å². The Labute approximate surface area is 193 Å². The molecule has 2 aliphatic heterocycles. The van der Waals surface area contributed by atoms with E-state index in [1.165, 1.54) is 4.90 Å². The Morgan fingerprint density at radius 2 is 1.64 bits per heavy atom. The van der Waals surface area contributed by atoms with Gasteiger partial charge in [-0.15, -0.1) is 0 Å². The third-order valence-corrected chi connectivity index (χ3v) is 6.25. The predicted molar refractivity (Wildman–Crippen MR) is 126 cm³/mol. The van der Waals surface area contributed by atoms with Crippen LogP contribution in [0.3, 0.4) is 0 Å². The van der Waals surface area contributed by atoms with Gasteiger partial charge >= 0.3 is 0 Å². The Morgan fingerprint density at radius 3 is 2.30 bits per heavy atom. The van der Waals surface area contributed by atoms with Gasteiger partial charge in [-0.25, -0.2) is 9.96 Å². The summed E-state index contributed by atoms with van der Waals surface area (Å²) in [5.41, 5.74) is 4.26. The fourth-order valence-electron chi connectivity index (χ4n) is 4.77. The molecule has 0 aromatic heterocycles. The Morgan fingerprint density at radius 1 is 0.909 bits per heavy atom. The predicted octanol–water partition coefficient (Wildman–Crippen LogP) is 4.75. The number of carbonyl (C=O) groups is 2. The van der Waals surface area contributed by atoms with E-state index in [1.54, 1.807) is 5.06 Å². The van der Waals surface area contributed by atoms with E-state index in [2.05, 4.69) is 0 Å². The lowest BCUT2D eigenvalue weighted by atomic mass is 9.90. The molecule has 0 N–H and O–H groups in total. The molecule has 3 atom stereocenters. The van der Waals surface area contributed by atoms with Crippen molar-refractivity contribution in [1.29, 1.82) is 0 Å². The fourth-order valence-corrected chi connectivity index (χ4v) is 4.77. The minimum Gasteiger partial charge on any atom is -0.494 e. The topological polar surface area (TPSA) is 59.1 Å². The molecule has 2 aliphatic rings. The summed E-state index contributed by atoms with van der Waals surface area (Å²) in [6, 6.07) is 22.5. The first-order valence-corrected chi connectivity index (χ1v) is 11.2. The van der Waals surface area contributed by atoms with E-state index in [4.69, 9.17) is 9.57 Å². The normalized spacial score (nSPS) is 22.1. The molecule has 0 unspecified atom stereocenters. The lowest BCUT2D eigenvalue weighted by Crippen LogP contribution is -2.37. The van der Waals surface area contributed by atoms with Crippen LogP contribution >= 0.6 is 0 Å². The summed E-state index contributed by atoms with van der Waals surface area (Å²) in [5.74, 6) is -0.467. The highest BCUT2D eigenvalue weighted by molar-refractivity contribution is 6.24. The number of anilines is 2. The van der Waals surface area contributed by atoms with Crippen molar-refractivity contribution < 1.29 is 19.2 Å². The molecule has 0 saturated carbocycles. The van der Waals surface area contributed by atoms with Crippen LogP contribution in [-0.2, 0) is 14.4 Å². The molecule has 2 fully saturated rings. The second-order valence-corrected chi connectivity index (χ2v) is 8.46. The monoisotopic (exact) mass is 442 g/mol. The van der Waals surface area contributed by atoms with Crippen molar-refractivity contribution >= 4 is 23.2 Å². The first-order chi connectivity index (χ1) is 16.0. The van der Waals surface area contributed by atoms with Gasteiger partial charge in [0.15, 0.2) is 6.10 Å². The molecule has 0 bridgehead atoms. The maximum Gasteiger partial charge on any atom is 0.266 e. The molecule has 2 heterocycles. The van der Waals surface area contributed by atoms with E-state index in [-0.39, 0.29) is 11.8 Å². The highest BCUT2D eigenvalue weighted by atomic mass is 16.7. The zero-order chi connectivity index (χ0) is 23.1. The van der Waals surface area contributed by atoms with Crippen LogP contribution in [-0.4, -0.2) is 24.5 Å². The molecule has 5 rings (SSSR count). The molecule has 2 saturated heterocycles. The third kappa shape index (κ3) is 3.56. The Balaban J connectivity index is 1.56. The van der Waals surface area contributed by atoms with Crippen molar-refractivity contribution in [2.45, 2.75) is 32.9 Å². The Bertz CT molecular complexity index is 1190. The van der Waals surface area contributed by atoms with Crippen LogP contribution < -0.4 is 14.7 Å². The number of imide groups is 1. The maximum atomic E-state index is 13.7. The fraction of sp³-hybridized carbons (Fsp3) is 0.259. The minimum absolute atomic E-state index is 0.241. The number of hydroxylamine groups is 1. The van der Waals surface area contributed by atoms with Gasteiger partial charge in [-0.3, -0.25) is 14.4 Å². The van der Waals surface area contributed by atoms with Crippen molar-refractivity contribution in [3.05, 3.63) is 89.5 Å². The molecule has 2 amide bonds. The molecule has 6 heteroatoms. The van der Waals surface area contributed by atoms with Crippen molar-refractivity contribution in [3.8, 4) is 5.75 Å². The first kappa shape index (κ1) is 21.2. The van der Waals surface area contributed by atoms with E-state index in [9.17, 15) is 9.59 Å². The Kier molecular flexibility index (Phi) is 5.38. The van der Waals surface area contributed by atoms with Gasteiger partial charge in [-0.05, 0) is 62.2 Å². The Hall–Kier alpha value is -3.64. The number of amides is 2. The SMILES string of the molecule is CCOc1ccc([C@H]2[C@@H]3C(=O)N(c4ccc(C)cc4C)C(=O)[C@H]3ON2c2ccccc2)cc1.